The van der Waals surface area contributed by atoms with E-state index in [0.717, 1.165) is 17.5 Å². The lowest BCUT2D eigenvalue weighted by atomic mass is 10.1. The van der Waals surface area contributed by atoms with Crippen LogP contribution in [0.1, 0.15) is 15.9 Å². The van der Waals surface area contributed by atoms with Crippen LogP contribution in [0.4, 0.5) is 5.69 Å². The summed E-state index contributed by atoms with van der Waals surface area (Å²) in [6, 6.07) is 14.2. The molecule has 1 heterocycles. The molecular weight excluding hydrogens is 388 g/mol. The first-order valence-electron chi connectivity index (χ1n) is 8.93. The number of aromatic nitrogens is 2. The maximum Gasteiger partial charge on any atom is 0.251 e. The highest BCUT2D eigenvalue weighted by Gasteiger charge is 2.16. The first-order valence-corrected chi connectivity index (χ1v) is 10.8. The average molecular weight is 410 g/mol. The van der Waals surface area contributed by atoms with Crippen LogP contribution in [-0.2, 0) is 16.6 Å². The number of amides is 1. The highest BCUT2D eigenvalue weighted by Crippen LogP contribution is 2.19. The van der Waals surface area contributed by atoms with Gasteiger partial charge in [0.05, 0.1) is 30.5 Å². The Hall–Kier alpha value is -3.39. The molecular formula is C21H22N4O3S. The predicted octanol–water partition coefficient (Wildman–Crippen LogP) is 2.75. The van der Waals surface area contributed by atoms with Gasteiger partial charge < -0.3 is 9.88 Å². The van der Waals surface area contributed by atoms with Crippen LogP contribution in [0.2, 0.25) is 0 Å². The van der Waals surface area contributed by atoms with E-state index >= 15 is 0 Å². The predicted molar refractivity (Wildman–Crippen MR) is 114 cm³/mol. The van der Waals surface area contributed by atoms with E-state index in [2.05, 4.69) is 16.9 Å². The van der Waals surface area contributed by atoms with E-state index in [-0.39, 0.29) is 12.5 Å². The lowest BCUT2D eigenvalue weighted by molar-refractivity contribution is 0.0951. The summed E-state index contributed by atoms with van der Waals surface area (Å²) in [4.78, 5) is 16.6. The first kappa shape index (κ1) is 20.3. The minimum absolute atomic E-state index is 0.162. The lowest BCUT2D eigenvalue weighted by Crippen LogP contribution is -2.30. The standard InChI is InChI=1S/C21H22N4O3S/c1-3-13-25(29(2,27)28)19-10-8-17(9-11-19)21(26)23-15-18-6-4-5-7-20(18)24-14-12-22-16-24/h3-12,14,16H,1,13,15H2,2H3,(H,23,26). The van der Waals surface area contributed by atoms with Crippen molar-refractivity contribution in [3.05, 3.63) is 91.0 Å². The lowest BCUT2D eigenvalue weighted by Gasteiger charge is -2.20. The van der Waals surface area contributed by atoms with Crippen molar-refractivity contribution in [3.63, 3.8) is 0 Å². The summed E-state index contributed by atoms with van der Waals surface area (Å²) in [5.41, 5.74) is 2.81. The number of rotatable bonds is 8. The van der Waals surface area contributed by atoms with Crippen molar-refractivity contribution in [2.24, 2.45) is 0 Å². The molecule has 29 heavy (non-hydrogen) atoms. The fourth-order valence-electron chi connectivity index (χ4n) is 2.92. The van der Waals surface area contributed by atoms with E-state index < -0.39 is 10.0 Å². The van der Waals surface area contributed by atoms with Gasteiger partial charge in [-0.25, -0.2) is 13.4 Å². The van der Waals surface area contributed by atoms with Crippen molar-refractivity contribution in [1.82, 2.24) is 14.9 Å². The molecule has 0 aliphatic rings. The number of hydrogen-bond donors (Lipinski definition) is 1. The number of nitrogens with zero attached hydrogens (tertiary/aromatic N) is 3. The molecule has 0 spiro atoms. The van der Waals surface area contributed by atoms with E-state index in [1.54, 1.807) is 36.8 Å². The van der Waals surface area contributed by atoms with Gasteiger partial charge in [0.25, 0.3) is 5.91 Å². The number of imidazole rings is 1. The minimum Gasteiger partial charge on any atom is -0.348 e. The Kier molecular flexibility index (Phi) is 6.13. The van der Waals surface area contributed by atoms with Crippen molar-refractivity contribution in [2.75, 3.05) is 17.1 Å². The molecule has 7 nitrogen and oxygen atoms in total. The molecule has 0 saturated carbocycles. The van der Waals surface area contributed by atoms with E-state index in [9.17, 15) is 13.2 Å². The van der Waals surface area contributed by atoms with Crippen LogP contribution in [0.5, 0.6) is 0 Å². The van der Waals surface area contributed by atoms with Crippen LogP contribution >= 0.6 is 0 Å². The topological polar surface area (TPSA) is 84.3 Å². The van der Waals surface area contributed by atoms with Crippen LogP contribution in [-0.4, -0.2) is 36.7 Å². The Bertz CT molecular complexity index is 1090. The first-order chi connectivity index (χ1) is 13.9. The van der Waals surface area contributed by atoms with Gasteiger partial charge in [-0.15, -0.1) is 6.58 Å². The van der Waals surface area contributed by atoms with Gasteiger partial charge in [0.15, 0.2) is 0 Å². The number of sulfonamides is 1. The Morgan fingerprint density at radius 2 is 1.93 bits per heavy atom. The maximum absolute atomic E-state index is 12.5. The van der Waals surface area contributed by atoms with Gasteiger partial charge in [0.1, 0.15) is 0 Å². The molecule has 0 bridgehead atoms. The number of benzene rings is 2. The molecule has 0 radical (unpaired) electrons. The fraction of sp³-hybridized carbons (Fsp3) is 0.143. The summed E-state index contributed by atoms with van der Waals surface area (Å²) in [6.07, 6.45) is 7.89. The van der Waals surface area contributed by atoms with Gasteiger partial charge in [-0.05, 0) is 35.9 Å². The number of hydrogen-bond acceptors (Lipinski definition) is 4. The van der Waals surface area contributed by atoms with E-state index in [1.807, 2.05) is 35.0 Å². The molecule has 0 saturated heterocycles. The Labute approximate surface area is 170 Å². The highest BCUT2D eigenvalue weighted by atomic mass is 32.2. The van der Waals surface area contributed by atoms with Crippen LogP contribution < -0.4 is 9.62 Å². The zero-order valence-electron chi connectivity index (χ0n) is 16.0. The van der Waals surface area contributed by atoms with Crippen molar-refractivity contribution in [1.29, 1.82) is 0 Å². The summed E-state index contributed by atoms with van der Waals surface area (Å²) in [7, 11) is -3.43. The van der Waals surface area contributed by atoms with Crippen molar-refractivity contribution < 1.29 is 13.2 Å². The van der Waals surface area contributed by atoms with Crippen LogP contribution in [0.15, 0.2) is 79.9 Å². The average Bonchev–Trinajstić information content (AvgIpc) is 3.24. The Morgan fingerprint density at radius 1 is 1.21 bits per heavy atom. The van der Waals surface area contributed by atoms with Gasteiger partial charge in [0, 0.05) is 24.5 Å². The maximum atomic E-state index is 12.5. The zero-order valence-corrected chi connectivity index (χ0v) is 16.8. The Balaban J connectivity index is 1.72. The number of para-hydroxylation sites is 1. The minimum atomic E-state index is -3.43. The Morgan fingerprint density at radius 3 is 2.55 bits per heavy atom. The number of anilines is 1. The normalized spacial score (nSPS) is 11.1. The van der Waals surface area contributed by atoms with Gasteiger partial charge in [-0.1, -0.05) is 24.3 Å². The number of carbonyl (C=O) groups is 1. The molecule has 0 unspecified atom stereocenters. The molecule has 1 amide bonds. The monoisotopic (exact) mass is 410 g/mol. The second kappa shape index (κ2) is 8.74. The summed E-state index contributed by atoms with van der Waals surface area (Å²) in [5.74, 6) is -0.244. The van der Waals surface area contributed by atoms with Gasteiger partial charge in [-0.3, -0.25) is 9.10 Å². The summed E-state index contributed by atoms with van der Waals surface area (Å²) in [5, 5.41) is 2.90. The van der Waals surface area contributed by atoms with Crippen molar-refractivity contribution in [3.8, 4) is 5.69 Å². The van der Waals surface area contributed by atoms with Crippen molar-refractivity contribution >= 4 is 21.6 Å². The fourth-order valence-corrected chi connectivity index (χ4v) is 3.80. The van der Waals surface area contributed by atoms with Crippen LogP contribution in [0, 0.1) is 0 Å². The van der Waals surface area contributed by atoms with E-state index in [0.29, 0.717) is 17.8 Å². The van der Waals surface area contributed by atoms with Crippen LogP contribution in [0.25, 0.3) is 5.69 Å². The van der Waals surface area contributed by atoms with E-state index in [1.165, 1.54) is 10.4 Å². The highest BCUT2D eigenvalue weighted by molar-refractivity contribution is 7.92. The van der Waals surface area contributed by atoms with Crippen molar-refractivity contribution in [2.45, 2.75) is 6.54 Å². The summed E-state index contributed by atoms with van der Waals surface area (Å²) < 4.78 is 27.0. The molecule has 3 aromatic rings. The molecule has 150 valence electrons. The molecule has 0 aliphatic carbocycles. The third-order valence-corrected chi connectivity index (χ3v) is 5.49. The third kappa shape index (κ3) is 4.91. The quantitative estimate of drug-likeness (QED) is 0.579. The molecule has 0 fully saturated rings. The second-order valence-electron chi connectivity index (χ2n) is 6.41. The second-order valence-corrected chi connectivity index (χ2v) is 8.32. The smallest absolute Gasteiger partial charge is 0.251 e. The number of carbonyl (C=O) groups excluding carboxylic acids is 1. The van der Waals surface area contributed by atoms with E-state index in [4.69, 9.17) is 0 Å². The molecule has 1 N–H and O–H groups in total. The zero-order chi connectivity index (χ0) is 20.9. The largest absolute Gasteiger partial charge is 0.348 e. The molecule has 0 atom stereocenters. The third-order valence-electron chi connectivity index (χ3n) is 4.33. The summed E-state index contributed by atoms with van der Waals surface area (Å²) in [6.45, 7) is 4.10. The summed E-state index contributed by atoms with van der Waals surface area (Å²) >= 11 is 0. The molecule has 0 aliphatic heterocycles. The molecule has 2 aromatic carbocycles. The van der Waals surface area contributed by atoms with Gasteiger partial charge in [0.2, 0.25) is 10.0 Å². The molecule has 3 rings (SSSR count). The molecule has 8 heteroatoms. The SMILES string of the molecule is C=CCN(c1ccc(C(=O)NCc2ccccc2-n2ccnc2)cc1)S(C)(=O)=O. The van der Waals surface area contributed by atoms with Gasteiger partial charge in [-0.2, -0.15) is 0 Å². The number of nitrogens with one attached hydrogen (secondary N) is 1. The van der Waals surface area contributed by atoms with Gasteiger partial charge >= 0.3 is 0 Å². The van der Waals surface area contributed by atoms with Crippen LogP contribution in [0.3, 0.4) is 0 Å². The molecule has 1 aromatic heterocycles.